The van der Waals surface area contributed by atoms with Crippen LogP contribution in [-0.4, -0.2) is 44.8 Å². The van der Waals surface area contributed by atoms with Gasteiger partial charge in [0, 0.05) is 19.7 Å². The number of ether oxygens (including phenoxy) is 1. The molecule has 0 aromatic carbocycles. The van der Waals surface area contributed by atoms with Crippen molar-refractivity contribution in [2.75, 3.05) is 32.8 Å². The van der Waals surface area contributed by atoms with Crippen LogP contribution in [0.2, 0.25) is 0 Å². The molecule has 0 aromatic heterocycles. The zero-order valence-electron chi connectivity index (χ0n) is 21.9. The highest BCUT2D eigenvalue weighted by Gasteiger charge is 2.19. The summed E-state index contributed by atoms with van der Waals surface area (Å²) in [5, 5.41) is 6.71. The minimum absolute atomic E-state index is 0.0881. The first kappa shape index (κ1) is 29.2. The fourth-order valence-electron chi connectivity index (χ4n) is 4.05. The van der Waals surface area contributed by atoms with E-state index in [2.05, 4.69) is 36.4 Å². The molecule has 190 valence electrons. The van der Waals surface area contributed by atoms with Gasteiger partial charge >= 0.3 is 0 Å². The first-order valence-electron chi connectivity index (χ1n) is 13.9. The summed E-state index contributed by atoms with van der Waals surface area (Å²) >= 11 is 0. The molecular formula is C27H56N4O. The van der Waals surface area contributed by atoms with Crippen LogP contribution in [0.4, 0.5) is 0 Å². The van der Waals surface area contributed by atoms with Crippen LogP contribution in [0.3, 0.4) is 0 Å². The van der Waals surface area contributed by atoms with E-state index < -0.39 is 0 Å². The van der Waals surface area contributed by atoms with Gasteiger partial charge in [0.25, 0.3) is 0 Å². The molecule has 4 N–H and O–H groups in total. The lowest BCUT2D eigenvalue weighted by molar-refractivity contribution is 0.0564. The monoisotopic (exact) mass is 452 g/mol. The molecule has 0 radical (unpaired) electrons. The van der Waals surface area contributed by atoms with E-state index in [1.807, 2.05) is 0 Å². The van der Waals surface area contributed by atoms with Gasteiger partial charge in [-0.15, -0.1) is 0 Å². The molecule has 1 heterocycles. The Hall–Kier alpha value is -0.810. The molecule has 0 bridgehead atoms. The number of nitrogens with two attached hydrogens (primary N) is 1. The average Bonchev–Trinajstić information content (AvgIpc) is 2.80. The first-order valence-corrected chi connectivity index (χ1v) is 13.9. The molecule has 1 rings (SSSR count). The Morgan fingerprint density at radius 1 is 0.875 bits per heavy atom. The van der Waals surface area contributed by atoms with Crippen LogP contribution >= 0.6 is 0 Å². The summed E-state index contributed by atoms with van der Waals surface area (Å²) < 4.78 is 6.00. The average molecular weight is 453 g/mol. The lowest BCUT2D eigenvalue weighted by Gasteiger charge is -2.27. The number of hydrogen-bond donors (Lipinski definition) is 3. The summed E-state index contributed by atoms with van der Waals surface area (Å²) in [5.74, 6) is 0.883. The highest BCUT2D eigenvalue weighted by molar-refractivity contribution is 5.80. The third-order valence-electron chi connectivity index (χ3n) is 6.59. The van der Waals surface area contributed by atoms with Gasteiger partial charge in [-0.3, -0.25) is 4.99 Å². The standard InChI is InChI=1S/C27H56N4O/c1-4-5-6-7-8-9-10-11-12-13-14-15-16-17-18-19-20-32-25-21-29-26(30-22-25)31-24-27(2,3)23-28/h25H,4-24,28H2,1-3H3,(H2,29,30,31). The summed E-state index contributed by atoms with van der Waals surface area (Å²) in [4.78, 5) is 4.57. The molecule has 1 atom stereocenters. The minimum Gasteiger partial charge on any atom is -0.374 e. The molecular weight excluding hydrogens is 396 g/mol. The third kappa shape index (κ3) is 16.8. The fraction of sp³-hybridized carbons (Fsp3) is 0.963. The van der Waals surface area contributed by atoms with Crippen LogP contribution < -0.4 is 16.4 Å². The van der Waals surface area contributed by atoms with Gasteiger partial charge in [-0.25, -0.2) is 0 Å². The molecule has 0 spiro atoms. The molecule has 0 fully saturated rings. The van der Waals surface area contributed by atoms with Crippen molar-refractivity contribution in [3.63, 3.8) is 0 Å². The van der Waals surface area contributed by atoms with Crippen molar-refractivity contribution in [3.8, 4) is 0 Å². The molecule has 1 aliphatic heterocycles. The molecule has 32 heavy (non-hydrogen) atoms. The van der Waals surface area contributed by atoms with Crippen LogP contribution in [0.1, 0.15) is 124 Å². The Balaban J connectivity index is 1.81. The van der Waals surface area contributed by atoms with E-state index in [0.717, 1.165) is 32.2 Å². The lowest BCUT2D eigenvalue weighted by atomic mass is 9.94. The molecule has 5 nitrogen and oxygen atoms in total. The SMILES string of the molecule is CCCCCCCCCCCCCCCCCCOC1CN=C(NCC(C)(C)CN)NC1. The van der Waals surface area contributed by atoms with Crippen molar-refractivity contribution >= 4 is 5.96 Å². The predicted molar refractivity (Wildman–Crippen MR) is 140 cm³/mol. The van der Waals surface area contributed by atoms with Crippen molar-refractivity contribution in [2.45, 2.75) is 130 Å². The predicted octanol–water partition coefficient (Wildman–Crippen LogP) is 6.17. The van der Waals surface area contributed by atoms with E-state index in [0.29, 0.717) is 6.54 Å². The Kier molecular flexibility index (Phi) is 17.9. The van der Waals surface area contributed by atoms with Crippen LogP contribution in [0.5, 0.6) is 0 Å². The quantitative estimate of drug-likeness (QED) is 0.182. The molecule has 0 saturated carbocycles. The van der Waals surface area contributed by atoms with E-state index in [9.17, 15) is 0 Å². The van der Waals surface area contributed by atoms with Crippen molar-refractivity contribution in [2.24, 2.45) is 16.1 Å². The Labute approximate surface area is 200 Å². The maximum atomic E-state index is 6.00. The van der Waals surface area contributed by atoms with E-state index in [1.54, 1.807) is 0 Å². The van der Waals surface area contributed by atoms with Gasteiger partial charge in [-0.2, -0.15) is 0 Å². The Bertz CT molecular complexity index is 453. The zero-order chi connectivity index (χ0) is 23.3. The third-order valence-corrected chi connectivity index (χ3v) is 6.59. The van der Waals surface area contributed by atoms with Crippen LogP contribution in [0.25, 0.3) is 0 Å². The van der Waals surface area contributed by atoms with Crippen molar-refractivity contribution in [1.82, 2.24) is 10.6 Å². The molecule has 1 aliphatic rings. The topological polar surface area (TPSA) is 71.7 Å². The molecule has 0 aliphatic carbocycles. The van der Waals surface area contributed by atoms with E-state index >= 15 is 0 Å². The minimum atomic E-state index is 0.0881. The highest BCUT2D eigenvalue weighted by Crippen LogP contribution is 2.14. The van der Waals surface area contributed by atoms with Gasteiger partial charge in [0.1, 0.15) is 0 Å². The van der Waals surface area contributed by atoms with E-state index in [-0.39, 0.29) is 11.5 Å². The van der Waals surface area contributed by atoms with E-state index in [4.69, 9.17) is 10.5 Å². The van der Waals surface area contributed by atoms with Gasteiger partial charge in [0.05, 0.1) is 12.6 Å². The van der Waals surface area contributed by atoms with Crippen molar-refractivity contribution in [3.05, 3.63) is 0 Å². The lowest BCUT2D eigenvalue weighted by Crippen LogP contribution is -2.49. The largest absolute Gasteiger partial charge is 0.374 e. The van der Waals surface area contributed by atoms with E-state index in [1.165, 1.54) is 103 Å². The van der Waals surface area contributed by atoms with Crippen LogP contribution in [0.15, 0.2) is 4.99 Å². The molecule has 5 heteroatoms. The number of nitrogens with one attached hydrogen (secondary N) is 2. The van der Waals surface area contributed by atoms with Gasteiger partial charge < -0.3 is 21.1 Å². The van der Waals surface area contributed by atoms with Crippen molar-refractivity contribution in [1.29, 1.82) is 0 Å². The smallest absolute Gasteiger partial charge is 0.191 e. The summed E-state index contributed by atoms with van der Waals surface area (Å²) in [6.07, 6.45) is 22.7. The van der Waals surface area contributed by atoms with Gasteiger partial charge in [-0.1, -0.05) is 117 Å². The summed E-state index contributed by atoms with van der Waals surface area (Å²) in [6, 6.07) is 0. The number of unbranched alkanes of at least 4 members (excludes halogenated alkanes) is 15. The fourth-order valence-corrected chi connectivity index (χ4v) is 4.05. The number of aliphatic imine (C=N–C) groups is 1. The van der Waals surface area contributed by atoms with Crippen LogP contribution in [0, 0.1) is 5.41 Å². The van der Waals surface area contributed by atoms with Crippen LogP contribution in [-0.2, 0) is 4.74 Å². The maximum Gasteiger partial charge on any atom is 0.191 e. The molecule has 1 unspecified atom stereocenters. The summed E-state index contributed by atoms with van der Waals surface area (Å²) in [5.41, 5.74) is 5.87. The first-order chi connectivity index (χ1) is 15.6. The van der Waals surface area contributed by atoms with Gasteiger partial charge in [0.15, 0.2) is 5.96 Å². The number of hydrogen-bond acceptors (Lipinski definition) is 5. The van der Waals surface area contributed by atoms with Gasteiger partial charge in [0.2, 0.25) is 0 Å². The van der Waals surface area contributed by atoms with Crippen molar-refractivity contribution < 1.29 is 4.74 Å². The molecule has 0 saturated heterocycles. The Morgan fingerprint density at radius 3 is 1.81 bits per heavy atom. The number of nitrogens with zero attached hydrogens (tertiary/aromatic N) is 1. The maximum absolute atomic E-state index is 6.00. The van der Waals surface area contributed by atoms with Gasteiger partial charge in [-0.05, 0) is 18.4 Å². The Morgan fingerprint density at radius 2 is 1.38 bits per heavy atom. The zero-order valence-corrected chi connectivity index (χ0v) is 21.9. The second-order valence-electron chi connectivity index (χ2n) is 10.6. The number of guanidine groups is 1. The second kappa shape index (κ2) is 19.6. The normalized spacial score (nSPS) is 16.6. The summed E-state index contributed by atoms with van der Waals surface area (Å²) in [7, 11) is 0. The highest BCUT2D eigenvalue weighted by atomic mass is 16.5. The second-order valence-corrected chi connectivity index (χ2v) is 10.6. The number of rotatable bonds is 21. The molecule has 0 amide bonds. The summed E-state index contributed by atoms with van der Waals surface area (Å²) in [6.45, 7) is 10.6. The molecule has 0 aromatic rings.